The van der Waals surface area contributed by atoms with Gasteiger partial charge in [-0.05, 0) is 18.1 Å². The van der Waals surface area contributed by atoms with Gasteiger partial charge in [0.05, 0.1) is 21.3 Å². The molecule has 7 heteroatoms. The van der Waals surface area contributed by atoms with Crippen molar-refractivity contribution in [3.05, 3.63) is 53.6 Å². The van der Waals surface area contributed by atoms with E-state index in [1.807, 2.05) is 30.3 Å². The highest BCUT2D eigenvalue weighted by atomic mass is 127. The van der Waals surface area contributed by atoms with Gasteiger partial charge in [0.25, 0.3) is 0 Å². The molecule has 0 aliphatic rings. The molecule has 0 spiro atoms. The molecule has 0 saturated heterocycles. The first-order chi connectivity index (χ1) is 12.7. The zero-order valence-corrected chi connectivity index (χ0v) is 18.6. The fraction of sp³-hybridized carbons (Fsp3) is 0.350. The maximum Gasteiger partial charge on any atom is 0.191 e. The van der Waals surface area contributed by atoms with Crippen molar-refractivity contribution in [3.8, 4) is 17.2 Å². The summed E-state index contributed by atoms with van der Waals surface area (Å²) in [5.41, 5.74) is 2.24. The number of hydrogen-bond donors (Lipinski definition) is 2. The molecule has 0 radical (unpaired) electrons. The lowest BCUT2D eigenvalue weighted by molar-refractivity contribution is 0.347. The molecule has 0 aliphatic heterocycles. The van der Waals surface area contributed by atoms with E-state index >= 15 is 0 Å². The van der Waals surface area contributed by atoms with Gasteiger partial charge in [0, 0.05) is 31.8 Å². The largest absolute Gasteiger partial charge is 0.496 e. The smallest absolute Gasteiger partial charge is 0.191 e. The first-order valence-corrected chi connectivity index (χ1v) is 8.49. The Morgan fingerprint density at radius 1 is 0.889 bits per heavy atom. The molecule has 0 atom stereocenters. The number of guanidine groups is 1. The van der Waals surface area contributed by atoms with Crippen LogP contribution < -0.4 is 24.8 Å². The molecule has 148 valence electrons. The molecule has 0 saturated carbocycles. The molecule has 0 amide bonds. The Morgan fingerprint density at radius 2 is 1.52 bits per heavy atom. The van der Waals surface area contributed by atoms with E-state index in [1.54, 1.807) is 28.4 Å². The average Bonchev–Trinajstić information content (AvgIpc) is 2.70. The lowest BCUT2D eigenvalue weighted by Gasteiger charge is -2.16. The third-order valence-electron chi connectivity index (χ3n) is 4.01. The van der Waals surface area contributed by atoms with Crippen LogP contribution in [0, 0.1) is 0 Å². The monoisotopic (exact) mass is 485 g/mol. The van der Waals surface area contributed by atoms with Crippen LogP contribution in [-0.4, -0.2) is 40.9 Å². The maximum atomic E-state index is 5.46. The molecule has 2 rings (SSSR count). The molecule has 0 unspecified atom stereocenters. The normalized spacial score (nSPS) is 10.6. The van der Waals surface area contributed by atoms with E-state index in [1.165, 1.54) is 5.56 Å². The van der Waals surface area contributed by atoms with Crippen molar-refractivity contribution in [1.29, 1.82) is 0 Å². The molecular formula is C20H28IN3O3. The van der Waals surface area contributed by atoms with E-state index in [2.05, 4.69) is 27.8 Å². The second-order valence-electron chi connectivity index (χ2n) is 5.61. The van der Waals surface area contributed by atoms with Gasteiger partial charge in [0.2, 0.25) is 0 Å². The van der Waals surface area contributed by atoms with Crippen molar-refractivity contribution in [2.24, 2.45) is 4.99 Å². The Balaban J connectivity index is 0.00000364. The van der Waals surface area contributed by atoms with Crippen LogP contribution in [0.5, 0.6) is 17.2 Å². The van der Waals surface area contributed by atoms with Gasteiger partial charge in [-0.15, -0.1) is 24.0 Å². The fourth-order valence-corrected chi connectivity index (χ4v) is 2.60. The van der Waals surface area contributed by atoms with Gasteiger partial charge < -0.3 is 24.8 Å². The van der Waals surface area contributed by atoms with Crippen LogP contribution >= 0.6 is 24.0 Å². The Bertz CT molecular complexity index is 724. The predicted molar refractivity (Wildman–Crippen MR) is 120 cm³/mol. The zero-order valence-electron chi connectivity index (χ0n) is 16.2. The first kappa shape index (κ1) is 22.9. The van der Waals surface area contributed by atoms with Gasteiger partial charge in [0.1, 0.15) is 5.75 Å². The number of aliphatic imine (C=N–C) groups is 1. The van der Waals surface area contributed by atoms with Crippen molar-refractivity contribution in [1.82, 2.24) is 10.6 Å². The molecule has 0 aromatic heterocycles. The SMILES string of the molecule is CN=C(NCCc1ccccc1)NCc1cc(OC)c(OC)cc1OC.I. The highest BCUT2D eigenvalue weighted by molar-refractivity contribution is 14.0. The van der Waals surface area contributed by atoms with E-state index in [-0.39, 0.29) is 24.0 Å². The van der Waals surface area contributed by atoms with E-state index in [0.717, 1.165) is 30.2 Å². The van der Waals surface area contributed by atoms with Crippen molar-refractivity contribution in [2.45, 2.75) is 13.0 Å². The highest BCUT2D eigenvalue weighted by Crippen LogP contribution is 2.34. The molecule has 6 nitrogen and oxygen atoms in total. The summed E-state index contributed by atoms with van der Waals surface area (Å²) in [7, 11) is 6.61. The quantitative estimate of drug-likeness (QED) is 0.342. The minimum Gasteiger partial charge on any atom is -0.496 e. The lowest BCUT2D eigenvalue weighted by atomic mass is 10.1. The van der Waals surface area contributed by atoms with Crippen molar-refractivity contribution in [3.63, 3.8) is 0 Å². The summed E-state index contributed by atoms with van der Waals surface area (Å²) in [4.78, 5) is 4.26. The van der Waals surface area contributed by atoms with E-state index < -0.39 is 0 Å². The number of nitrogens with zero attached hydrogens (tertiary/aromatic N) is 1. The van der Waals surface area contributed by atoms with Crippen LogP contribution in [0.1, 0.15) is 11.1 Å². The molecular weight excluding hydrogens is 457 g/mol. The molecule has 2 N–H and O–H groups in total. The number of ether oxygens (including phenoxy) is 3. The molecule has 0 aliphatic carbocycles. The molecule has 0 heterocycles. The first-order valence-electron chi connectivity index (χ1n) is 8.49. The van der Waals surface area contributed by atoms with Crippen molar-refractivity contribution in [2.75, 3.05) is 34.9 Å². The van der Waals surface area contributed by atoms with Gasteiger partial charge >= 0.3 is 0 Å². The number of halogens is 1. The van der Waals surface area contributed by atoms with E-state index in [9.17, 15) is 0 Å². The molecule has 0 bridgehead atoms. The summed E-state index contributed by atoms with van der Waals surface area (Å²) in [6.07, 6.45) is 0.932. The Morgan fingerprint density at radius 3 is 2.11 bits per heavy atom. The third kappa shape index (κ3) is 6.82. The standard InChI is InChI=1S/C20H27N3O3.HI/c1-21-20(22-11-10-15-8-6-5-7-9-15)23-14-16-12-18(25-3)19(26-4)13-17(16)24-2;/h5-9,12-13H,10-11,14H2,1-4H3,(H2,21,22,23);1H. The van der Waals surface area contributed by atoms with E-state index in [4.69, 9.17) is 14.2 Å². The maximum absolute atomic E-state index is 5.46. The van der Waals surface area contributed by atoms with Gasteiger partial charge in [-0.2, -0.15) is 0 Å². The number of hydrogen-bond acceptors (Lipinski definition) is 4. The van der Waals surface area contributed by atoms with Crippen LogP contribution in [0.2, 0.25) is 0 Å². The van der Waals surface area contributed by atoms with Crippen LogP contribution in [0.4, 0.5) is 0 Å². The lowest BCUT2D eigenvalue weighted by Crippen LogP contribution is -2.37. The Kier molecular flexibility index (Phi) is 10.4. The summed E-state index contributed by atoms with van der Waals surface area (Å²) in [6, 6.07) is 14.1. The molecule has 0 fully saturated rings. The predicted octanol–water partition coefficient (Wildman–Crippen LogP) is 3.24. The number of methoxy groups -OCH3 is 3. The number of rotatable bonds is 8. The van der Waals surface area contributed by atoms with E-state index in [0.29, 0.717) is 18.0 Å². The van der Waals surface area contributed by atoms with Crippen LogP contribution in [0.3, 0.4) is 0 Å². The Labute approximate surface area is 178 Å². The van der Waals surface area contributed by atoms with Gasteiger partial charge in [-0.3, -0.25) is 4.99 Å². The minimum atomic E-state index is 0. The Hall–Kier alpha value is -2.16. The number of nitrogens with one attached hydrogen (secondary N) is 2. The minimum absolute atomic E-state index is 0. The van der Waals surface area contributed by atoms with Gasteiger partial charge in [-0.25, -0.2) is 0 Å². The summed E-state index contributed by atoms with van der Waals surface area (Å²) in [5.74, 6) is 2.77. The van der Waals surface area contributed by atoms with Crippen LogP contribution in [0.15, 0.2) is 47.5 Å². The summed E-state index contributed by atoms with van der Waals surface area (Å²) in [6.45, 7) is 1.35. The number of benzene rings is 2. The molecule has 2 aromatic carbocycles. The molecule has 27 heavy (non-hydrogen) atoms. The molecule has 2 aromatic rings. The summed E-state index contributed by atoms with van der Waals surface area (Å²) in [5, 5.41) is 6.62. The van der Waals surface area contributed by atoms with Crippen LogP contribution in [0.25, 0.3) is 0 Å². The highest BCUT2D eigenvalue weighted by Gasteiger charge is 2.12. The van der Waals surface area contributed by atoms with Gasteiger partial charge in [-0.1, -0.05) is 30.3 Å². The van der Waals surface area contributed by atoms with Crippen LogP contribution in [-0.2, 0) is 13.0 Å². The summed E-state index contributed by atoms with van der Waals surface area (Å²) < 4.78 is 16.1. The second kappa shape index (κ2) is 12.3. The van der Waals surface area contributed by atoms with Crippen molar-refractivity contribution < 1.29 is 14.2 Å². The van der Waals surface area contributed by atoms with Gasteiger partial charge in [0.15, 0.2) is 17.5 Å². The topological polar surface area (TPSA) is 64.1 Å². The summed E-state index contributed by atoms with van der Waals surface area (Å²) >= 11 is 0. The second-order valence-corrected chi connectivity index (χ2v) is 5.61. The third-order valence-corrected chi connectivity index (χ3v) is 4.01. The average molecular weight is 485 g/mol. The van der Waals surface area contributed by atoms with Crippen molar-refractivity contribution >= 4 is 29.9 Å². The fourth-order valence-electron chi connectivity index (χ4n) is 2.60. The zero-order chi connectivity index (χ0) is 18.8.